The van der Waals surface area contributed by atoms with Crippen molar-refractivity contribution in [3.63, 3.8) is 0 Å². The molecule has 0 bridgehead atoms. The van der Waals surface area contributed by atoms with Gasteiger partial charge in [0.25, 0.3) is 11.2 Å². The number of aliphatic imine (C=N–C) groups is 1. The largest absolute Gasteiger partial charge is 0.501 e. The number of aromatic amines is 2. The molecule has 12 nitrogen and oxygen atoms in total. The number of H-pyrrole nitrogens is 2. The molecule has 0 atom stereocenters. The third kappa shape index (κ3) is 3.25. The molecule has 0 saturated carbocycles. The van der Waals surface area contributed by atoms with Crippen LogP contribution < -0.4 is 5.56 Å². The molecule has 0 spiro atoms. The van der Waals surface area contributed by atoms with Crippen LogP contribution in [0.5, 0.6) is 11.6 Å². The fourth-order valence-corrected chi connectivity index (χ4v) is 1.86. The molecule has 0 aliphatic carbocycles. The second-order valence-corrected chi connectivity index (χ2v) is 4.68. The molecule has 4 N–H and O–H groups in total. The van der Waals surface area contributed by atoms with Gasteiger partial charge in [0.2, 0.25) is 11.6 Å². The van der Waals surface area contributed by atoms with Crippen molar-refractivity contribution in [2.75, 3.05) is 0 Å². The first kappa shape index (κ1) is 16.8. The van der Waals surface area contributed by atoms with E-state index < -0.39 is 49.7 Å². The third-order valence-corrected chi connectivity index (χ3v) is 2.96. The number of nitrogens with zero attached hydrogens (tertiary/aromatic N) is 3. The van der Waals surface area contributed by atoms with E-state index in [1.807, 2.05) is 0 Å². The number of aromatic hydroxyl groups is 2. The monoisotopic (exact) mass is 353 g/mol. The minimum atomic E-state index is -1.02. The van der Waals surface area contributed by atoms with Gasteiger partial charge in [-0.1, -0.05) is 0 Å². The van der Waals surface area contributed by atoms with Crippen LogP contribution in [0.2, 0.25) is 0 Å². The molecule has 0 amide bonds. The Hall–Kier alpha value is -3.61. The third-order valence-electron chi connectivity index (χ3n) is 2.75. The highest BCUT2D eigenvalue weighted by Gasteiger charge is 2.23. The van der Waals surface area contributed by atoms with Gasteiger partial charge in [0, 0.05) is 12.3 Å². The van der Waals surface area contributed by atoms with Crippen LogP contribution in [0.3, 0.4) is 0 Å². The molecular formula is C11H7N5O7S. The molecular weight excluding hydrogens is 346 g/mol. The molecule has 0 radical (unpaired) electrons. The minimum absolute atomic E-state index is 0.150. The second-order valence-electron chi connectivity index (χ2n) is 4.28. The Morgan fingerprint density at radius 3 is 2.38 bits per heavy atom. The fraction of sp³-hybridized carbons (Fsp3) is 0. The normalized spacial score (nSPS) is 10.8. The molecule has 124 valence electrons. The molecule has 0 fully saturated rings. The van der Waals surface area contributed by atoms with Crippen LogP contribution in [0.25, 0.3) is 0 Å². The quantitative estimate of drug-likeness (QED) is 0.274. The summed E-state index contributed by atoms with van der Waals surface area (Å²) in [6.07, 6.45) is 0.766. The summed E-state index contributed by atoms with van der Waals surface area (Å²) in [6, 6.07) is 1.34. The van der Waals surface area contributed by atoms with Crippen LogP contribution in [0.4, 0.5) is 17.1 Å². The Morgan fingerprint density at radius 1 is 1.17 bits per heavy atom. The average Bonchev–Trinajstić information content (AvgIpc) is 2.46. The zero-order valence-corrected chi connectivity index (χ0v) is 12.2. The highest BCUT2D eigenvalue weighted by molar-refractivity contribution is 7.71. The standard InChI is InChI=1S/C11H7N5O7S/c17-8-6(1-4(15(20)21)2-7(8)16(22)23)12-3-5-9(18)13-11(24)14-10(5)19/h1-3,17H,(H3,13,14,18,19,24). The Morgan fingerprint density at radius 2 is 1.83 bits per heavy atom. The summed E-state index contributed by atoms with van der Waals surface area (Å²) < 4.78 is -0.150. The maximum absolute atomic E-state index is 11.6. The number of rotatable bonds is 4. The van der Waals surface area contributed by atoms with Crippen LogP contribution in [-0.2, 0) is 0 Å². The zero-order chi connectivity index (χ0) is 18.0. The zero-order valence-electron chi connectivity index (χ0n) is 11.4. The van der Waals surface area contributed by atoms with Crippen LogP contribution in [0.1, 0.15) is 5.56 Å². The molecule has 0 saturated heterocycles. The van der Waals surface area contributed by atoms with E-state index in [9.17, 15) is 35.2 Å². The predicted molar refractivity (Wildman–Crippen MR) is 82.6 cm³/mol. The lowest BCUT2D eigenvalue weighted by Gasteiger charge is -2.01. The molecule has 24 heavy (non-hydrogen) atoms. The highest BCUT2D eigenvalue weighted by Crippen LogP contribution is 2.39. The molecule has 1 aromatic carbocycles. The number of phenolic OH excluding ortho intramolecular Hbond substituents is 1. The van der Waals surface area contributed by atoms with Crippen molar-refractivity contribution in [2.24, 2.45) is 4.99 Å². The molecule has 0 unspecified atom stereocenters. The lowest BCUT2D eigenvalue weighted by Crippen LogP contribution is -2.13. The summed E-state index contributed by atoms with van der Waals surface area (Å²) in [5, 5.41) is 41.0. The predicted octanol–water partition coefficient (Wildman–Crippen LogP) is 1.41. The number of nitrogens with one attached hydrogen (secondary N) is 2. The van der Waals surface area contributed by atoms with Gasteiger partial charge < -0.3 is 15.2 Å². The maximum atomic E-state index is 11.6. The van der Waals surface area contributed by atoms with Crippen LogP contribution in [-0.4, -0.2) is 36.2 Å². The molecule has 1 aromatic heterocycles. The van der Waals surface area contributed by atoms with E-state index >= 15 is 0 Å². The number of phenols is 1. The van der Waals surface area contributed by atoms with Crippen LogP contribution in [0.15, 0.2) is 21.9 Å². The van der Waals surface area contributed by atoms with Gasteiger partial charge in [-0.05, 0) is 12.2 Å². The number of benzene rings is 1. The van der Waals surface area contributed by atoms with Crippen molar-refractivity contribution >= 4 is 35.5 Å². The Balaban J connectivity index is 2.61. The first-order chi connectivity index (χ1) is 11.2. The Kier molecular flexibility index (Phi) is 4.36. The molecule has 0 aliphatic heterocycles. The van der Waals surface area contributed by atoms with Gasteiger partial charge in [-0.25, -0.2) is 0 Å². The average molecular weight is 353 g/mol. The Bertz CT molecular complexity index is 993. The Labute approximate surface area is 136 Å². The van der Waals surface area contributed by atoms with Crippen LogP contribution in [0, 0.1) is 25.0 Å². The van der Waals surface area contributed by atoms with E-state index in [1.54, 1.807) is 0 Å². The lowest BCUT2D eigenvalue weighted by molar-refractivity contribution is -0.394. The molecule has 0 aliphatic rings. The van der Waals surface area contributed by atoms with E-state index in [1.165, 1.54) is 0 Å². The molecule has 1 heterocycles. The number of nitro groups is 2. The number of nitro benzene ring substituents is 2. The lowest BCUT2D eigenvalue weighted by atomic mass is 10.2. The van der Waals surface area contributed by atoms with Crippen molar-refractivity contribution in [3.05, 3.63) is 53.0 Å². The van der Waals surface area contributed by atoms with Crippen molar-refractivity contribution in [2.45, 2.75) is 0 Å². The number of hydrogen-bond acceptors (Lipinski definition) is 9. The number of aromatic nitrogens is 2. The van der Waals surface area contributed by atoms with Gasteiger partial charge in [0.05, 0.1) is 15.9 Å². The smallest absolute Gasteiger partial charge is 0.319 e. The van der Waals surface area contributed by atoms with Gasteiger partial charge in [-0.15, -0.1) is 0 Å². The van der Waals surface area contributed by atoms with E-state index in [0.717, 1.165) is 12.3 Å². The SMILES string of the molecule is O=c1[nH]c(=S)[nH]c(O)c1C=Nc1cc([N+](=O)[O-])cc([N+](=O)[O-])c1O. The van der Waals surface area contributed by atoms with Gasteiger partial charge in [0.1, 0.15) is 11.3 Å². The summed E-state index contributed by atoms with van der Waals surface area (Å²) in [6.45, 7) is 0. The summed E-state index contributed by atoms with van der Waals surface area (Å²) in [5.41, 5.74) is -3.35. The van der Waals surface area contributed by atoms with Gasteiger partial charge in [0.15, 0.2) is 4.77 Å². The minimum Gasteiger partial charge on any atom is -0.501 e. The van der Waals surface area contributed by atoms with Crippen LogP contribution >= 0.6 is 12.2 Å². The molecule has 2 aromatic rings. The van der Waals surface area contributed by atoms with Crippen molar-refractivity contribution in [1.82, 2.24) is 9.97 Å². The highest BCUT2D eigenvalue weighted by atomic mass is 32.1. The first-order valence-corrected chi connectivity index (χ1v) is 6.37. The summed E-state index contributed by atoms with van der Waals surface area (Å²) >= 11 is 4.63. The summed E-state index contributed by atoms with van der Waals surface area (Å²) in [7, 11) is 0. The van der Waals surface area contributed by atoms with Crippen molar-refractivity contribution < 1.29 is 20.1 Å². The fourth-order valence-electron chi connectivity index (χ4n) is 1.67. The maximum Gasteiger partial charge on any atom is 0.319 e. The van der Waals surface area contributed by atoms with Gasteiger partial charge >= 0.3 is 5.69 Å². The van der Waals surface area contributed by atoms with Crippen molar-refractivity contribution in [3.8, 4) is 11.6 Å². The van der Waals surface area contributed by atoms with E-state index in [2.05, 4.69) is 27.2 Å². The summed E-state index contributed by atoms with van der Waals surface area (Å²) in [5.74, 6) is -1.56. The molecule has 2 rings (SSSR count). The van der Waals surface area contributed by atoms with E-state index in [4.69, 9.17) is 0 Å². The van der Waals surface area contributed by atoms with Crippen molar-refractivity contribution in [1.29, 1.82) is 0 Å². The second kappa shape index (κ2) is 6.25. The van der Waals surface area contributed by atoms with Gasteiger partial charge in [-0.3, -0.25) is 35.0 Å². The van der Waals surface area contributed by atoms with E-state index in [-0.39, 0.29) is 4.77 Å². The van der Waals surface area contributed by atoms with Gasteiger partial charge in [-0.2, -0.15) is 0 Å². The topological polar surface area (TPSA) is 188 Å². The number of non-ortho nitro benzene ring substituents is 1. The summed E-state index contributed by atoms with van der Waals surface area (Å²) in [4.78, 5) is 39.3. The number of hydrogen-bond donors (Lipinski definition) is 4. The first-order valence-electron chi connectivity index (χ1n) is 5.96. The van der Waals surface area contributed by atoms with E-state index in [0.29, 0.717) is 6.07 Å². The molecule has 13 heteroatoms.